The number of hydrogen-bond donors (Lipinski definition) is 1. The molecule has 0 amide bonds. The molecule has 0 radical (unpaired) electrons. The molecule has 1 saturated carbocycles. The van der Waals surface area contributed by atoms with E-state index in [1.165, 1.54) is 0 Å². The Morgan fingerprint density at radius 1 is 1.67 bits per heavy atom. The van der Waals surface area contributed by atoms with Crippen LogP contribution in [0.1, 0.15) is 39.0 Å². The summed E-state index contributed by atoms with van der Waals surface area (Å²) in [5.41, 5.74) is 0. The first-order valence-electron chi connectivity index (χ1n) is 4.87. The number of hydrogen-bond acceptors (Lipinski definition) is 2. The Hall–Kier alpha value is -0.370. The second-order valence-electron chi connectivity index (χ2n) is 3.92. The summed E-state index contributed by atoms with van der Waals surface area (Å²) in [6.45, 7) is 2.28. The molecule has 0 saturated heterocycles. The normalized spacial score (nSPS) is 26.2. The lowest BCUT2D eigenvalue weighted by molar-refractivity contribution is -0.120. The summed E-state index contributed by atoms with van der Waals surface area (Å²) in [6, 6.07) is 0. The van der Waals surface area contributed by atoms with E-state index in [-0.39, 0.29) is 6.61 Å². The fraction of sp³-hybridized carbons (Fsp3) is 0.900. The van der Waals surface area contributed by atoms with E-state index in [9.17, 15) is 4.79 Å². The first-order chi connectivity index (χ1) is 5.74. The van der Waals surface area contributed by atoms with Gasteiger partial charge in [0.15, 0.2) is 0 Å². The summed E-state index contributed by atoms with van der Waals surface area (Å²) < 4.78 is 0. The van der Waals surface area contributed by atoms with Gasteiger partial charge in [0.2, 0.25) is 0 Å². The Balaban J connectivity index is 2.18. The summed E-state index contributed by atoms with van der Waals surface area (Å²) >= 11 is 0. The molecule has 0 aliphatic heterocycles. The van der Waals surface area contributed by atoms with Gasteiger partial charge in [-0.2, -0.15) is 0 Å². The second-order valence-corrected chi connectivity index (χ2v) is 3.92. The maximum absolute atomic E-state index is 11.2. The maximum atomic E-state index is 11.2. The highest BCUT2D eigenvalue weighted by molar-refractivity contribution is 5.82. The van der Waals surface area contributed by atoms with Crippen molar-refractivity contribution in [1.82, 2.24) is 0 Å². The highest BCUT2D eigenvalue weighted by atomic mass is 16.3. The van der Waals surface area contributed by atoms with Gasteiger partial charge < -0.3 is 5.11 Å². The number of carbonyl (C=O) groups is 1. The van der Waals surface area contributed by atoms with Crippen LogP contribution in [0.4, 0.5) is 0 Å². The average molecular weight is 170 g/mol. The molecule has 2 unspecified atom stereocenters. The van der Waals surface area contributed by atoms with Crippen molar-refractivity contribution in [2.45, 2.75) is 39.0 Å². The van der Waals surface area contributed by atoms with Crippen molar-refractivity contribution in [2.75, 3.05) is 6.61 Å². The molecular weight excluding hydrogens is 152 g/mol. The SMILES string of the molecule is CC(CO)CCC1CCCC1=O. The standard InChI is InChI=1S/C10H18O2/c1-8(7-11)5-6-9-3-2-4-10(9)12/h8-9,11H,2-7H2,1H3. The molecular formula is C10H18O2. The van der Waals surface area contributed by atoms with Gasteiger partial charge in [-0.15, -0.1) is 0 Å². The van der Waals surface area contributed by atoms with E-state index in [1.54, 1.807) is 0 Å². The Bertz CT molecular complexity index is 154. The van der Waals surface area contributed by atoms with Crippen LogP contribution in [0.25, 0.3) is 0 Å². The highest BCUT2D eigenvalue weighted by Crippen LogP contribution is 2.26. The molecule has 1 aliphatic carbocycles. The molecule has 1 fully saturated rings. The molecule has 70 valence electrons. The maximum Gasteiger partial charge on any atom is 0.135 e. The van der Waals surface area contributed by atoms with Crippen molar-refractivity contribution in [1.29, 1.82) is 0 Å². The number of aliphatic hydroxyl groups is 1. The molecule has 0 spiro atoms. The minimum Gasteiger partial charge on any atom is -0.396 e. The predicted octanol–water partition coefficient (Wildman–Crippen LogP) is 1.76. The molecule has 0 aromatic heterocycles. The van der Waals surface area contributed by atoms with Gasteiger partial charge in [0.1, 0.15) is 5.78 Å². The summed E-state index contributed by atoms with van der Waals surface area (Å²) in [5, 5.41) is 8.79. The minimum atomic E-state index is 0.251. The average Bonchev–Trinajstić information content (AvgIpc) is 2.47. The van der Waals surface area contributed by atoms with Crippen molar-refractivity contribution in [3.63, 3.8) is 0 Å². The zero-order valence-electron chi connectivity index (χ0n) is 7.75. The van der Waals surface area contributed by atoms with E-state index in [0.717, 1.165) is 32.1 Å². The van der Waals surface area contributed by atoms with E-state index in [4.69, 9.17) is 5.11 Å². The van der Waals surface area contributed by atoms with Gasteiger partial charge >= 0.3 is 0 Å². The van der Waals surface area contributed by atoms with Crippen LogP contribution in [-0.2, 0) is 4.79 Å². The fourth-order valence-corrected chi connectivity index (χ4v) is 1.77. The molecule has 0 aromatic rings. The zero-order chi connectivity index (χ0) is 8.97. The van der Waals surface area contributed by atoms with Gasteiger partial charge in [0.05, 0.1) is 0 Å². The Labute approximate surface area is 74.0 Å². The quantitative estimate of drug-likeness (QED) is 0.698. The van der Waals surface area contributed by atoms with E-state index in [1.807, 2.05) is 6.92 Å². The number of carbonyl (C=O) groups excluding carboxylic acids is 1. The van der Waals surface area contributed by atoms with E-state index in [2.05, 4.69) is 0 Å². The van der Waals surface area contributed by atoms with Crippen LogP contribution in [0.5, 0.6) is 0 Å². The lowest BCUT2D eigenvalue weighted by Crippen LogP contribution is -2.09. The van der Waals surface area contributed by atoms with Crippen LogP contribution in [0.3, 0.4) is 0 Å². The van der Waals surface area contributed by atoms with Crippen molar-refractivity contribution < 1.29 is 9.90 Å². The number of ketones is 1. The van der Waals surface area contributed by atoms with Gasteiger partial charge in [-0.1, -0.05) is 6.92 Å². The van der Waals surface area contributed by atoms with Crippen molar-refractivity contribution >= 4 is 5.78 Å². The molecule has 12 heavy (non-hydrogen) atoms. The zero-order valence-corrected chi connectivity index (χ0v) is 7.75. The molecule has 2 atom stereocenters. The van der Waals surface area contributed by atoms with E-state index >= 15 is 0 Å². The molecule has 1 aliphatic rings. The van der Waals surface area contributed by atoms with E-state index < -0.39 is 0 Å². The topological polar surface area (TPSA) is 37.3 Å². The molecule has 1 rings (SSSR count). The van der Waals surface area contributed by atoms with Gasteiger partial charge in [-0.25, -0.2) is 0 Å². The van der Waals surface area contributed by atoms with Gasteiger partial charge in [-0.05, 0) is 31.6 Å². The molecule has 0 aromatic carbocycles. The van der Waals surface area contributed by atoms with Gasteiger partial charge in [0.25, 0.3) is 0 Å². The van der Waals surface area contributed by atoms with Crippen molar-refractivity contribution in [3.8, 4) is 0 Å². The van der Waals surface area contributed by atoms with Crippen LogP contribution >= 0.6 is 0 Å². The Morgan fingerprint density at radius 2 is 2.42 bits per heavy atom. The third-order valence-corrected chi connectivity index (χ3v) is 2.75. The number of Topliss-reactive ketones (excluding diaryl/α,β-unsaturated/α-hetero) is 1. The third-order valence-electron chi connectivity index (χ3n) is 2.75. The van der Waals surface area contributed by atoms with Crippen LogP contribution in [-0.4, -0.2) is 17.5 Å². The predicted molar refractivity (Wildman–Crippen MR) is 47.8 cm³/mol. The molecule has 2 nitrogen and oxygen atoms in total. The van der Waals surface area contributed by atoms with Crippen LogP contribution < -0.4 is 0 Å². The van der Waals surface area contributed by atoms with Crippen molar-refractivity contribution in [3.05, 3.63) is 0 Å². The van der Waals surface area contributed by atoms with Crippen LogP contribution in [0.15, 0.2) is 0 Å². The first kappa shape index (κ1) is 9.72. The van der Waals surface area contributed by atoms with Crippen LogP contribution in [0.2, 0.25) is 0 Å². The Morgan fingerprint density at radius 3 is 2.92 bits per heavy atom. The second kappa shape index (κ2) is 4.61. The smallest absolute Gasteiger partial charge is 0.135 e. The van der Waals surface area contributed by atoms with Crippen LogP contribution in [0, 0.1) is 11.8 Å². The first-order valence-corrected chi connectivity index (χ1v) is 4.87. The molecule has 2 heteroatoms. The lowest BCUT2D eigenvalue weighted by atomic mass is 9.95. The molecule has 0 bridgehead atoms. The molecule has 0 heterocycles. The summed E-state index contributed by atoms with van der Waals surface area (Å²) in [6.07, 6.45) is 4.93. The van der Waals surface area contributed by atoms with Crippen molar-refractivity contribution in [2.24, 2.45) is 11.8 Å². The number of aliphatic hydroxyl groups excluding tert-OH is 1. The highest BCUT2D eigenvalue weighted by Gasteiger charge is 2.23. The summed E-state index contributed by atoms with van der Waals surface area (Å²) in [4.78, 5) is 11.2. The summed E-state index contributed by atoms with van der Waals surface area (Å²) in [5.74, 6) is 1.12. The third kappa shape index (κ3) is 2.59. The van der Waals surface area contributed by atoms with Gasteiger partial charge in [-0.3, -0.25) is 4.79 Å². The molecule has 1 N–H and O–H groups in total. The minimum absolute atomic E-state index is 0.251. The number of rotatable bonds is 4. The summed E-state index contributed by atoms with van der Waals surface area (Å²) in [7, 11) is 0. The fourth-order valence-electron chi connectivity index (χ4n) is 1.77. The van der Waals surface area contributed by atoms with E-state index in [0.29, 0.717) is 17.6 Å². The largest absolute Gasteiger partial charge is 0.396 e. The lowest BCUT2D eigenvalue weighted by Gasteiger charge is -2.10. The monoisotopic (exact) mass is 170 g/mol. The Kier molecular flexibility index (Phi) is 3.73. The van der Waals surface area contributed by atoms with Gasteiger partial charge in [0, 0.05) is 18.9 Å².